The lowest BCUT2D eigenvalue weighted by Gasteiger charge is -2.26. The molecule has 2 heterocycles. The van der Waals surface area contributed by atoms with Gasteiger partial charge in [0.25, 0.3) is 11.7 Å². The third-order valence-electron chi connectivity index (χ3n) is 5.04. The monoisotopic (exact) mass is 457 g/mol. The van der Waals surface area contributed by atoms with Gasteiger partial charge in [0, 0.05) is 26.0 Å². The second-order valence-corrected chi connectivity index (χ2v) is 8.85. The summed E-state index contributed by atoms with van der Waals surface area (Å²) >= 11 is 14.4. The van der Waals surface area contributed by atoms with Gasteiger partial charge in [-0.15, -0.1) is 11.3 Å². The van der Waals surface area contributed by atoms with E-state index in [2.05, 4.69) is 0 Å². The first-order chi connectivity index (χ1) is 14.4. The summed E-state index contributed by atoms with van der Waals surface area (Å²) in [5, 5.41) is 13.6. The highest BCUT2D eigenvalue weighted by Gasteiger charge is 2.47. The van der Waals surface area contributed by atoms with Crippen LogP contribution in [0, 0.1) is 6.92 Å². The number of halogens is 2. The second-order valence-electron chi connectivity index (χ2n) is 7.01. The van der Waals surface area contributed by atoms with Crippen molar-refractivity contribution in [1.82, 2.24) is 4.90 Å². The number of aliphatic hydroxyl groups is 1. The van der Waals surface area contributed by atoms with Crippen molar-refractivity contribution in [3.8, 4) is 0 Å². The molecule has 3 aromatic rings. The van der Waals surface area contributed by atoms with Gasteiger partial charge in [-0.05, 0) is 30.5 Å². The van der Waals surface area contributed by atoms with Gasteiger partial charge in [0.1, 0.15) is 5.76 Å². The number of ketones is 1. The SMILES string of the molecule is Cc1ccc(/C(O)=C2\C(=O)C(=O)N(Cc3cccs3)C2c2c(Cl)cccc2Cl)cc1. The summed E-state index contributed by atoms with van der Waals surface area (Å²) in [6.07, 6.45) is 0. The number of benzene rings is 2. The number of Topliss-reactive ketones (excluding diaryl/α,β-unsaturated/α-hetero) is 1. The van der Waals surface area contributed by atoms with E-state index in [-0.39, 0.29) is 17.9 Å². The second kappa shape index (κ2) is 8.26. The summed E-state index contributed by atoms with van der Waals surface area (Å²) in [4.78, 5) is 28.3. The number of nitrogens with zero attached hydrogens (tertiary/aromatic N) is 1. The minimum absolute atomic E-state index is 0.0181. The van der Waals surface area contributed by atoms with Crippen LogP contribution in [0.3, 0.4) is 0 Å². The summed E-state index contributed by atoms with van der Waals surface area (Å²) < 4.78 is 0. The van der Waals surface area contributed by atoms with E-state index >= 15 is 0 Å². The van der Waals surface area contributed by atoms with Gasteiger partial charge < -0.3 is 10.0 Å². The van der Waals surface area contributed by atoms with Gasteiger partial charge in [-0.1, -0.05) is 65.2 Å². The maximum absolute atomic E-state index is 13.0. The Balaban J connectivity index is 1.93. The topological polar surface area (TPSA) is 57.6 Å². The Bertz CT molecular complexity index is 1130. The fraction of sp³-hybridized carbons (Fsp3) is 0.130. The van der Waals surface area contributed by atoms with Gasteiger partial charge in [0.2, 0.25) is 0 Å². The quantitative estimate of drug-likeness (QED) is 0.297. The molecule has 1 aliphatic heterocycles. The van der Waals surface area contributed by atoms with Crippen LogP contribution in [0.2, 0.25) is 10.0 Å². The molecular weight excluding hydrogens is 441 g/mol. The van der Waals surface area contributed by atoms with Gasteiger partial charge in [-0.2, -0.15) is 0 Å². The van der Waals surface area contributed by atoms with Crippen molar-refractivity contribution in [2.45, 2.75) is 19.5 Å². The van der Waals surface area contributed by atoms with Crippen LogP contribution >= 0.6 is 34.5 Å². The normalized spacial score (nSPS) is 18.2. The highest BCUT2D eigenvalue weighted by molar-refractivity contribution is 7.09. The van der Waals surface area contributed by atoms with E-state index in [1.807, 2.05) is 36.6 Å². The number of thiophene rings is 1. The van der Waals surface area contributed by atoms with Crippen molar-refractivity contribution >= 4 is 52.0 Å². The van der Waals surface area contributed by atoms with Crippen molar-refractivity contribution < 1.29 is 14.7 Å². The average Bonchev–Trinajstić information content (AvgIpc) is 3.31. The summed E-state index contributed by atoms with van der Waals surface area (Å²) in [7, 11) is 0. The Labute approximate surface area is 188 Å². The predicted octanol–water partition coefficient (Wildman–Crippen LogP) is 5.99. The first kappa shape index (κ1) is 20.7. The van der Waals surface area contributed by atoms with Crippen LogP contribution in [0.15, 0.2) is 65.6 Å². The van der Waals surface area contributed by atoms with Crippen LogP contribution < -0.4 is 0 Å². The van der Waals surface area contributed by atoms with Crippen molar-refractivity contribution in [3.05, 3.63) is 97.2 Å². The van der Waals surface area contributed by atoms with Crippen LogP contribution in [0.4, 0.5) is 0 Å². The zero-order valence-electron chi connectivity index (χ0n) is 15.9. The fourth-order valence-electron chi connectivity index (χ4n) is 3.55. The van der Waals surface area contributed by atoms with E-state index in [9.17, 15) is 14.7 Å². The van der Waals surface area contributed by atoms with Crippen LogP contribution in [0.25, 0.3) is 5.76 Å². The molecule has 1 aliphatic rings. The zero-order chi connectivity index (χ0) is 21.4. The molecule has 0 saturated carbocycles. The molecule has 0 bridgehead atoms. The Morgan fingerprint density at radius 1 is 1.03 bits per heavy atom. The Hall–Kier alpha value is -2.60. The molecule has 30 heavy (non-hydrogen) atoms. The number of rotatable bonds is 4. The molecule has 1 saturated heterocycles. The zero-order valence-corrected chi connectivity index (χ0v) is 18.3. The van der Waals surface area contributed by atoms with Crippen LogP contribution in [0.5, 0.6) is 0 Å². The molecule has 1 atom stereocenters. The first-order valence-electron chi connectivity index (χ1n) is 9.20. The van der Waals surface area contributed by atoms with Crippen molar-refractivity contribution in [3.63, 3.8) is 0 Å². The molecule has 152 valence electrons. The summed E-state index contributed by atoms with van der Waals surface area (Å²) in [5.74, 6) is -1.70. The summed E-state index contributed by atoms with van der Waals surface area (Å²) in [5.41, 5.74) is 1.86. The number of likely N-dealkylation sites (tertiary alicyclic amines) is 1. The van der Waals surface area contributed by atoms with Gasteiger partial charge in [0.15, 0.2) is 0 Å². The number of hydrogen-bond donors (Lipinski definition) is 1. The molecule has 2 aromatic carbocycles. The molecule has 0 radical (unpaired) electrons. The van der Waals surface area contributed by atoms with Crippen molar-refractivity contribution in [1.29, 1.82) is 0 Å². The lowest BCUT2D eigenvalue weighted by atomic mass is 9.95. The fourth-order valence-corrected chi connectivity index (χ4v) is 4.86. The molecule has 0 aliphatic carbocycles. The summed E-state index contributed by atoms with van der Waals surface area (Å²) in [6.45, 7) is 2.13. The smallest absolute Gasteiger partial charge is 0.295 e. The van der Waals surface area contributed by atoms with E-state index in [4.69, 9.17) is 23.2 Å². The molecule has 1 unspecified atom stereocenters. The summed E-state index contributed by atoms with van der Waals surface area (Å²) in [6, 6.07) is 14.9. The van der Waals surface area contributed by atoms with E-state index in [1.165, 1.54) is 16.2 Å². The van der Waals surface area contributed by atoms with Gasteiger partial charge in [-0.3, -0.25) is 9.59 Å². The van der Waals surface area contributed by atoms with Crippen LogP contribution in [0.1, 0.15) is 27.6 Å². The number of hydrogen-bond acceptors (Lipinski definition) is 4. The highest BCUT2D eigenvalue weighted by Crippen LogP contribution is 2.45. The van der Waals surface area contributed by atoms with E-state index in [0.717, 1.165) is 10.4 Å². The highest BCUT2D eigenvalue weighted by atomic mass is 35.5. The standard InChI is InChI=1S/C23H17Cl2NO3S/c1-13-7-9-14(10-8-13)21(27)19-20(18-16(24)5-2-6-17(18)25)26(23(29)22(19)28)12-15-4-3-11-30-15/h2-11,20,27H,12H2,1H3/b21-19+. The lowest BCUT2D eigenvalue weighted by Crippen LogP contribution is -2.29. The van der Waals surface area contributed by atoms with Crippen LogP contribution in [-0.2, 0) is 16.1 Å². The van der Waals surface area contributed by atoms with E-state index in [0.29, 0.717) is 21.2 Å². The predicted molar refractivity (Wildman–Crippen MR) is 120 cm³/mol. The molecule has 1 amide bonds. The number of aliphatic hydroxyl groups excluding tert-OH is 1. The largest absolute Gasteiger partial charge is 0.507 e. The maximum atomic E-state index is 13.0. The molecule has 1 fully saturated rings. The Morgan fingerprint density at radius 2 is 1.70 bits per heavy atom. The third-order valence-corrected chi connectivity index (χ3v) is 6.56. The van der Waals surface area contributed by atoms with Gasteiger partial charge in [-0.25, -0.2) is 0 Å². The minimum atomic E-state index is -0.894. The number of carbonyl (C=O) groups is 2. The lowest BCUT2D eigenvalue weighted by molar-refractivity contribution is -0.140. The molecule has 1 N–H and O–H groups in total. The number of carbonyl (C=O) groups excluding carboxylic acids is 2. The molecular formula is C23H17Cl2NO3S. The third kappa shape index (κ3) is 3.65. The first-order valence-corrected chi connectivity index (χ1v) is 10.8. The molecule has 7 heteroatoms. The number of aryl methyl sites for hydroxylation is 1. The van der Waals surface area contributed by atoms with E-state index < -0.39 is 17.7 Å². The molecule has 1 aromatic heterocycles. The number of amides is 1. The van der Waals surface area contributed by atoms with Crippen LogP contribution in [-0.4, -0.2) is 21.7 Å². The minimum Gasteiger partial charge on any atom is -0.507 e. The van der Waals surface area contributed by atoms with Crippen molar-refractivity contribution in [2.24, 2.45) is 0 Å². The molecule has 4 nitrogen and oxygen atoms in total. The van der Waals surface area contributed by atoms with Gasteiger partial charge >= 0.3 is 0 Å². The van der Waals surface area contributed by atoms with E-state index in [1.54, 1.807) is 30.3 Å². The Kier molecular flexibility index (Phi) is 5.69. The van der Waals surface area contributed by atoms with Crippen molar-refractivity contribution in [2.75, 3.05) is 0 Å². The molecule has 0 spiro atoms. The van der Waals surface area contributed by atoms with Gasteiger partial charge in [0.05, 0.1) is 18.2 Å². The average molecular weight is 458 g/mol. The Morgan fingerprint density at radius 3 is 2.30 bits per heavy atom. The maximum Gasteiger partial charge on any atom is 0.295 e. The molecule has 4 rings (SSSR count).